The monoisotopic (exact) mass is 467 g/mol. The molecule has 1 amide bonds. The Hall–Kier alpha value is -0.610. The Balaban J connectivity index is 0.00000312. The summed E-state index contributed by atoms with van der Waals surface area (Å²) in [7, 11) is 3.83. The molecular formula is C17H34IN5O2. The summed E-state index contributed by atoms with van der Waals surface area (Å²) in [5.41, 5.74) is 0. The number of carbonyl (C=O) groups is 1. The third kappa shape index (κ3) is 7.65. The van der Waals surface area contributed by atoms with Crippen molar-refractivity contribution in [1.29, 1.82) is 0 Å². The van der Waals surface area contributed by atoms with Crippen LogP contribution in [0.25, 0.3) is 0 Å². The highest BCUT2D eigenvalue weighted by Gasteiger charge is 2.24. The number of rotatable bonds is 5. The molecule has 0 aromatic rings. The summed E-state index contributed by atoms with van der Waals surface area (Å²) in [6.45, 7) is 8.30. The van der Waals surface area contributed by atoms with Crippen molar-refractivity contribution < 1.29 is 9.53 Å². The molecule has 2 aliphatic rings. The molecule has 2 fully saturated rings. The van der Waals surface area contributed by atoms with Crippen molar-refractivity contribution in [1.82, 2.24) is 20.4 Å². The second-order valence-electron chi connectivity index (χ2n) is 6.76. The van der Waals surface area contributed by atoms with Crippen molar-refractivity contribution in [3.05, 3.63) is 0 Å². The van der Waals surface area contributed by atoms with Gasteiger partial charge in [0.25, 0.3) is 0 Å². The van der Waals surface area contributed by atoms with Gasteiger partial charge in [0.1, 0.15) is 0 Å². The van der Waals surface area contributed by atoms with Gasteiger partial charge in [0.05, 0.1) is 19.3 Å². The standard InChI is InChI=1S/C17H33N5O2.HI/c1-4-19-17(20-12-15-13-21(3)9-10-24-15)22-7-5-14(6-8-22)11-16(23)18-2;/h14-15H,4-13H2,1-3H3,(H,18,23)(H,19,20);1H. The van der Waals surface area contributed by atoms with Crippen LogP contribution in [0, 0.1) is 5.92 Å². The summed E-state index contributed by atoms with van der Waals surface area (Å²) < 4.78 is 5.80. The Morgan fingerprint density at radius 2 is 2.00 bits per heavy atom. The van der Waals surface area contributed by atoms with E-state index >= 15 is 0 Å². The highest BCUT2D eigenvalue weighted by molar-refractivity contribution is 14.0. The van der Waals surface area contributed by atoms with Gasteiger partial charge in [-0.05, 0) is 32.7 Å². The van der Waals surface area contributed by atoms with Crippen molar-refractivity contribution in [2.24, 2.45) is 10.9 Å². The lowest BCUT2D eigenvalue weighted by atomic mass is 9.93. The van der Waals surface area contributed by atoms with E-state index in [0.717, 1.165) is 58.1 Å². The number of likely N-dealkylation sites (tertiary alicyclic amines) is 1. The molecule has 0 aromatic carbocycles. The van der Waals surface area contributed by atoms with E-state index in [-0.39, 0.29) is 36.0 Å². The first kappa shape index (κ1) is 22.4. The maximum Gasteiger partial charge on any atom is 0.220 e. The number of morpholine rings is 1. The number of likely N-dealkylation sites (N-methyl/N-ethyl adjacent to an activating group) is 1. The topological polar surface area (TPSA) is 69.2 Å². The summed E-state index contributed by atoms with van der Waals surface area (Å²) in [5, 5.41) is 6.12. The lowest BCUT2D eigenvalue weighted by molar-refractivity contribution is -0.121. The number of hydrogen-bond acceptors (Lipinski definition) is 4. The zero-order valence-corrected chi connectivity index (χ0v) is 18.1. The zero-order chi connectivity index (χ0) is 17.4. The fourth-order valence-electron chi connectivity index (χ4n) is 3.30. The number of aliphatic imine (C=N–C) groups is 1. The Kier molecular flexibility index (Phi) is 10.7. The van der Waals surface area contributed by atoms with Crippen LogP contribution in [0.15, 0.2) is 4.99 Å². The molecule has 0 aliphatic carbocycles. The normalized spacial score (nSPS) is 23.1. The average Bonchev–Trinajstić information content (AvgIpc) is 2.59. The van der Waals surface area contributed by atoms with Crippen molar-refractivity contribution in [2.75, 3.05) is 60.0 Å². The van der Waals surface area contributed by atoms with Crippen LogP contribution >= 0.6 is 24.0 Å². The van der Waals surface area contributed by atoms with Gasteiger partial charge in [0, 0.05) is 46.2 Å². The van der Waals surface area contributed by atoms with Crippen LogP contribution in [0.5, 0.6) is 0 Å². The van der Waals surface area contributed by atoms with Crippen molar-refractivity contribution in [3.8, 4) is 0 Å². The molecule has 2 saturated heterocycles. The molecule has 25 heavy (non-hydrogen) atoms. The molecule has 0 aromatic heterocycles. The number of guanidine groups is 1. The SMILES string of the molecule is CCNC(=NCC1CN(C)CCO1)N1CCC(CC(=O)NC)CC1.I. The van der Waals surface area contributed by atoms with Gasteiger partial charge in [0.2, 0.25) is 5.91 Å². The molecule has 2 heterocycles. The van der Waals surface area contributed by atoms with E-state index in [1.807, 2.05) is 0 Å². The number of amides is 1. The Bertz CT molecular complexity index is 427. The van der Waals surface area contributed by atoms with Gasteiger partial charge in [0.15, 0.2) is 5.96 Å². The number of carbonyl (C=O) groups excluding carboxylic acids is 1. The minimum Gasteiger partial charge on any atom is -0.374 e. The maximum atomic E-state index is 11.5. The van der Waals surface area contributed by atoms with E-state index in [4.69, 9.17) is 9.73 Å². The first-order valence-corrected chi connectivity index (χ1v) is 9.16. The first-order valence-electron chi connectivity index (χ1n) is 9.16. The first-order chi connectivity index (χ1) is 11.6. The minimum absolute atomic E-state index is 0. The summed E-state index contributed by atoms with van der Waals surface area (Å²) in [6, 6.07) is 0. The summed E-state index contributed by atoms with van der Waals surface area (Å²) in [5.74, 6) is 1.61. The van der Waals surface area contributed by atoms with Crippen LogP contribution in [-0.2, 0) is 9.53 Å². The van der Waals surface area contributed by atoms with Crippen LogP contribution < -0.4 is 10.6 Å². The lowest BCUT2D eigenvalue weighted by Crippen LogP contribution is -2.47. The van der Waals surface area contributed by atoms with Crippen LogP contribution in [0.2, 0.25) is 0 Å². The quantitative estimate of drug-likeness (QED) is 0.355. The third-order valence-electron chi connectivity index (χ3n) is 4.79. The van der Waals surface area contributed by atoms with Gasteiger partial charge in [-0.2, -0.15) is 0 Å². The number of nitrogens with zero attached hydrogens (tertiary/aromatic N) is 3. The second-order valence-corrected chi connectivity index (χ2v) is 6.76. The molecule has 1 unspecified atom stereocenters. The predicted molar refractivity (Wildman–Crippen MR) is 112 cm³/mol. The van der Waals surface area contributed by atoms with Gasteiger partial charge in [-0.1, -0.05) is 0 Å². The summed E-state index contributed by atoms with van der Waals surface area (Å²) >= 11 is 0. The smallest absolute Gasteiger partial charge is 0.220 e. The molecule has 1 atom stereocenters. The minimum atomic E-state index is 0. The number of piperidine rings is 1. The van der Waals surface area contributed by atoms with Crippen molar-refractivity contribution >= 4 is 35.8 Å². The summed E-state index contributed by atoms with van der Waals surface area (Å²) in [4.78, 5) is 20.9. The Labute approximate surface area is 169 Å². The highest BCUT2D eigenvalue weighted by Crippen LogP contribution is 2.20. The molecule has 2 rings (SSSR count). The number of hydrogen-bond donors (Lipinski definition) is 2. The lowest BCUT2D eigenvalue weighted by Gasteiger charge is -2.34. The fourth-order valence-corrected chi connectivity index (χ4v) is 3.30. The molecule has 146 valence electrons. The third-order valence-corrected chi connectivity index (χ3v) is 4.79. The maximum absolute atomic E-state index is 11.5. The van der Waals surface area contributed by atoms with Gasteiger partial charge in [-0.3, -0.25) is 9.79 Å². The number of nitrogens with one attached hydrogen (secondary N) is 2. The van der Waals surface area contributed by atoms with E-state index in [1.165, 1.54) is 0 Å². The molecule has 2 aliphatic heterocycles. The molecule has 0 bridgehead atoms. The predicted octanol–water partition coefficient (Wildman–Crippen LogP) is 0.749. The molecule has 0 saturated carbocycles. The molecular weight excluding hydrogens is 433 g/mol. The molecule has 2 N–H and O–H groups in total. The average molecular weight is 467 g/mol. The van der Waals surface area contributed by atoms with Crippen molar-refractivity contribution in [2.45, 2.75) is 32.3 Å². The van der Waals surface area contributed by atoms with Crippen LogP contribution in [0.1, 0.15) is 26.2 Å². The molecule has 0 radical (unpaired) electrons. The van der Waals surface area contributed by atoms with E-state index in [0.29, 0.717) is 18.9 Å². The van der Waals surface area contributed by atoms with Crippen LogP contribution in [-0.4, -0.2) is 87.7 Å². The molecule has 0 spiro atoms. The zero-order valence-electron chi connectivity index (χ0n) is 15.8. The van der Waals surface area contributed by atoms with E-state index in [2.05, 4.69) is 34.4 Å². The van der Waals surface area contributed by atoms with Crippen LogP contribution in [0.3, 0.4) is 0 Å². The largest absolute Gasteiger partial charge is 0.374 e. The highest BCUT2D eigenvalue weighted by atomic mass is 127. The summed E-state index contributed by atoms with van der Waals surface area (Å²) in [6.07, 6.45) is 2.91. The van der Waals surface area contributed by atoms with Gasteiger partial charge < -0.3 is 25.2 Å². The van der Waals surface area contributed by atoms with Gasteiger partial charge in [-0.15, -0.1) is 24.0 Å². The van der Waals surface area contributed by atoms with E-state index < -0.39 is 0 Å². The fraction of sp³-hybridized carbons (Fsp3) is 0.882. The van der Waals surface area contributed by atoms with E-state index in [1.54, 1.807) is 7.05 Å². The van der Waals surface area contributed by atoms with E-state index in [9.17, 15) is 4.79 Å². The van der Waals surface area contributed by atoms with Crippen LogP contribution in [0.4, 0.5) is 0 Å². The molecule has 8 heteroatoms. The van der Waals surface area contributed by atoms with Gasteiger partial charge in [-0.25, -0.2) is 0 Å². The van der Waals surface area contributed by atoms with Crippen molar-refractivity contribution in [3.63, 3.8) is 0 Å². The molecule has 7 nitrogen and oxygen atoms in total. The van der Waals surface area contributed by atoms with Gasteiger partial charge >= 0.3 is 0 Å². The second kappa shape index (κ2) is 11.9. The number of ether oxygens (including phenoxy) is 1. The Morgan fingerprint density at radius 3 is 2.60 bits per heavy atom. The number of halogens is 1. The Morgan fingerprint density at radius 1 is 1.28 bits per heavy atom.